The van der Waals surface area contributed by atoms with Crippen molar-refractivity contribution in [1.29, 1.82) is 0 Å². The molecule has 9 heteroatoms. The quantitative estimate of drug-likeness (QED) is 0.219. The van der Waals surface area contributed by atoms with Crippen LogP contribution in [0.2, 0.25) is 0 Å². The van der Waals surface area contributed by atoms with E-state index >= 15 is 0 Å². The minimum absolute atomic E-state index is 0.00526. The Hall–Kier alpha value is -3.17. The molecule has 5 atom stereocenters. The van der Waals surface area contributed by atoms with E-state index in [1.54, 1.807) is 22.0 Å². The molecule has 1 N–H and O–H groups in total. The van der Waals surface area contributed by atoms with E-state index < -0.39 is 35.1 Å². The van der Waals surface area contributed by atoms with Crippen LogP contribution < -0.4 is 9.64 Å². The predicted molar refractivity (Wildman–Crippen MR) is 176 cm³/mol. The van der Waals surface area contributed by atoms with Crippen molar-refractivity contribution in [3.8, 4) is 5.75 Å². The molecule has 1 aromatic carbocycles. The van der Waals surface area contributed by atoms with Crippen LogP contribution in [0.4, 0.5) is 5.69 Å². The Morgan fingerprint density at radius 2 is 1.76 bits per heavy atom. The third kappa shape index (κ3) is 6.70. The number of aliphatic hydroxyl groups excluding tert-OH is 1. The summed E-state index contributed by atoms with van der Waals surface area (Å²) in [4.78, 5) is 48.9. The van der Waals surface area contributed by atoms with Crippen molar-refractivity contribution in [2.24, 2.45) is 17.3 Å². The Balaban J connectivity index is 1.74. The molecule has 3 heterocycles. The number of fused-ring (bicyclic) bond motifs is 1. The second-order valence-electron chi connectivity index (χ2n) is 14.5. The summed E-state index contributed by atoms with van der Waals surface area (Å²) in [7, 11) is 0. The van der Waals surface area contributed by atoms with Crippen LogP contribution in [-0.2, 0) is 19.1 Å². The zero-order chi connectivity index (χ0) is 33.2. The summed E-state index contributed by atoms with van der Waals surface area (Å²) in [6.45, 7) is 21.7. The molecule has 1 aromatic rings. The number of anilines is 1. The number of ether oxygens (including phenoxy) is 2. The van der Waals surface area contributed by atoms with E-state index in [4.69, 9.17) is 9.47 Å². The van der Waals surface area contributed by atoms with Gasteiger partial charge >= 0.3 is 0 Å². The van der Waals surface area contributed by atoms with Crippen LogP contribution in [0.5, 0.6) is 5.75 Å². The second kappa shape index (κ2) is 13.7. The van der Waals surface area contributed by atoms with Gasteiger partial charge in [0, 0.05) is 37.5 Å². The van der Waals surface area contributed by atoms with Gasteiger partial charge in [-0.2, -0.15) is 0 Å². The smallest absolute Gasteiger partial charge is 0.249 e. The van der Waals surface area contributed by atoms with E-state index in [9.17, 15) is 19.5 Å². The summed E-state index contributed by atoms with van der Waals surface area (Å²) in [6.07, 6.45) is 5.84. The summed E-state index contributed by atoms with van der Waals surface area (Å²) in [5.41, 5.74) is -1.00. The molecule has 2 unspecified atom stereocenters. The summed E-state index contributed by atoms with van der Waals surface area (Å²) < 4.78 is 12.3. The number of amides is 3. The minimum atomic E-state index is -1.10. The molecule has 45 heavy (non-hydrogen) atoms. The van der Waals surface area contributed by atoms with Crippen molar-refractivity contribution in [3.05, 3.63) is 49.6 Å². The average molecular weight is 624 g/mol. The fourth-order valence-corrected chi connectivity index (χ4v) is 8.17. The van der Waals surface area contributed by atoms with Crippen LogP contribution in [0.25, 0.3) is 0 Å². The third-order valence-corrected chi connectivity index (χ3v) is 9.43. The fourth-order valence-electron chi connectivity index (χ4n) is 8.17. The van der Waals surface area contributed by atoms with Gasteiger partial charge in [0.25, 0.3) is 0 Å². The number of hydrogen-bond acceptors (Lipinski definition) is 6. The van der Waals surface area contributed by atoms with Crippen molar-refractivity contribution in [2.75, 3.05) is 37.7 Å². The molecule has 3 aliphatic rings. The Labute approximate surface area is 269 Å². The summed E-state index contributed by atoms with van der Waals surface area (Å²) in [5.74, 6) is -1.40. The van der Waals surface area contributed by atoms with Crippen molar-refractivity contribution in [3.63, 3.8) is 0 Å². The number of carbonyl (C=O) groups excluding carboxylic acids is 3. The molecule has 0 aromatic heterocycles. The minimum Gasteiger partial charge on any atom is -0.494 e. The molecule has 3 amide bonds. The highest BCUT2D eigenvalue weighted by Gasteiger charge is 2.75. The first-order valence-corrected chi connectivity index (χ1v) is 16.4. The third-order valence-electron chi connectivity index (χ3n) is 9.43. The first-order valence-electron chi connectivity index (χ1n) is 16.4. The molecule has 9 nitrogen and oxygen atoms in total. The molecule has 0 aliphatic carbocycles. The van der Waals surface area contributed by atoms with Crippen LogP contribution in [0.15, 0.2) is 49.6 Å². The Morgan fingerprint density at radius 3 is 2.33 bits per heavy atom. The van der Waals surface area contributed by atoms with Gasteiger partial charge in [0.15, 0.2) is 0 Å². The van der Waals surface area contributed by atoms with Crippen LogP contribution >= 0.6 is 0 Å². The van der Waals surface area contributed by atoms with Crippen LogP contribution in [0, 0.1) is 17.3 Å². The van der Waals surface area contributed by atoms with E-state index in [2.05, 4.69) is 47.8 Å². The first kappa shape index (κ1) is 34.7. The van der Waals surface area contributed by atoms with Crippen LogP contribution in [0.1, 0.15) is 73.6 Å². The van der Waals surface area contributed by atoms with E-state index in [0.29, 0.717) is 56.8 Å². The molecule has 0 radical (unpaired) electrons. The number of benzene rings is 1. The SMILES string of the molecule is C=CCN(C(=O)[C@@H]1[C@@H]2CCC3(O2)C(C(=O)N(CC=C)C(C)(C)CC(C)(C)C)N(CCCCO)C(=O)[C@H]13)c1ccc(OCC)cc1. The summed E-state index contributed by atoms with van der Waals surface area (Å²) >= 11 is 0. The molecule has 4 rings (SSSR count). The van der Waals surface area contributed by atoms with Gasteiger partial charge in [-0.25, -0.2) is 0 Å². The van der Waals surface area contributed by atoms with Gasteiger partial charge < -0.3 is 29.3 Å². The molecule has 248 valence electrons. The van der Waals surface area contributed by atoms with E-state index in [1.807, 2.05) is 36.1 Å². The molecule has 1 spiro atoms. The van der Waals surface area contributed by atoms with Crippen molar-refractivity contribution in [2.45, 2.75) is 96.9 Å². The van der Waals surface area contributed by atoms with Crippen molar-refractivity contribution in [1.82, 2.24) is 9.80 Å². The number of hydrogen-bond donors (Lipinski definition) is 1. The molecule has 2 bridgehead atoms. The Kier molecular flexibility index (Phi) is 10.5. The molecule has 3 saturated heterocycles. The molecule has 3 fully saturated rings. The Bertz CT molecular complexity index is 1250. The number of unbranched alkanes of at least 4 members (excludes halogenated alkanes) is 1. The maximum atomic E-state index is 14.8. The lowest BCUT2D eigenvalue weighted by atomic mass is 9.70. The lowest BCUT2D eigenvalue weighted by Crippen LogP contribution is -2.61. The maximum Gasteiger partial charge on any atom is 0.249 e. The second-order valence-corrected chi connectivity index (χ2v) is 14.5. The van der Waals surface area contributed by atoms with Gasteiger partial charge in [0.2, 0.25) is 17.7 Å². The summed E-state index contributed by atoms with van der Waals surface area (Å²) in [6, 6.07) is 6.46. The van der Waals surface area contributed by atoms with Gasteiger partial charge in [0.1, 0.15) is 17.4 Å². The highest BCUT2D eigenvalue weighted by atomic mass is 16.5. The highest BCUT2D eigenvalue weighted by molar-refractivity contribution is 6.03. The lowest BCUT2D eigenvalue weighted by Gasteiger charge is -2.45. The standard InChI is InChI=1S/C36H53N3O6/c1-9-20-37(25-14-16-26(17-15-25)44-11-3)31(41)28-27-18-19-36(45-27)29(28)32(42)38(22-12-13-23-40)30(36)33(43)39(21-10-2)35(7,8)24-34(4,5)6/h9-10,14-17,27-30,40H,1-2,11-13,18-24H2,3-8H3/t27-,28+,29-,30?,36?/m0/s1. The predicted octanol–water partition coefficient (Wildman–Crippen LogP) is 4.98. The topological polar surface area (TPSA) is 99.6 Å². The van der Waals surface area contributed by atoms with Crippen molar-refractivity contribution >= 4 is 23.4 Å². The van der Waals surface area contributed by atoms with Crippen molar-refractivity contribution < 1.29 is 29.0 Å². The monoisotopic (exact) mass is 623 g/mol. The van der Waals surface area contributed by atoms with E-state index in [0.717, 1.165) is 6.42 Å². The fraction of sp³-hybridized carbons (Fsp3) is 0.639. The van der Waals surface area contributed by atoms with Crippen LogP contribution in [-0.4, -0.2) is 88.8 Å². The average Bonchev–Trinajstić information content (AvgIpc) is 3.61. The number of carbonyl (C=O) groups is 3. The van der Waals surface area contributed by atoms with Gasteiger partial charge in [-0.1, -0.05) is 32.9 Å². The molecule has 0 saturated carbocycles. The number of rotatable bonds is 15. The number of nitrogens with zero attached hydrogens (tertiary/aromatic N) is 3. The number of likely N-dealkylation sites (tertiary alicyclic amines) is 1. The van der Waals surface area contributed by atoms with Gasteiger partial charge in [-0.3, -0.25) is 14.4 Å². The van der Waals surface area contributed by atoms with Gasteiger partial charge in [-0.15, -0.1) is 13.2 Å². The Morgan fingerprint density at radius 1 is 1.09 bits per heavy atom. The normalized spacial score (nSPS) is 25.7. The molecule has 3 aliphatic heterocycles. The first-order chi connectivity index (χ1) is 21.3. The van der Waals surface area contributed by atoms with Gasteiger partial charge in [0.05, 0.1) is 24.5 Å². The molecular formula is C36H53N3O6. The highest BCUT2D eigenvalue weighted by Crippen LogP contribution is 2.59. The zero-order valence-corrected chi connectivity index (χ0v) is 28.1. The largest absolute Gasteiger partial charge is 0.494 e. The molecular weight excluding hydrogens is 570 g/mol. The summed E-state index contributed by atoms with van der Waals surface area (Å²) in [5, 5.41) is 9.52. The maximum absolute atomic E-state index is 14.8. The number of aliphatic hydroxyl groups is 1. The van der Waals surface area contributed by atoms with E-state index in [1.165, 1.54) is 0 Å². The van der Waals surface area contributed by atoms with Gasteiger partial charge in [-0.05, 0) is 82.6 Å². The lowest BCUT2D eigenvalue weighted by molar-refractivity contribution is -0.152. The van der Waals surface area contributed by atoms with E-state index in [-0.39, 0.29) is 36.3 Å². The van der Waals surface area contributed by atoms with Crippen LogP contribution in [0.3, 0.4) is 0 Å². The zero-order valence-electron chi connectivity index (χ0n) is 28.1.